The van der Waals surface area contributed by atoms with E-state index >= 15 is 0 Å². The van der Waals surface area contributed by atoms with Gasteiger partial charge in [-0.05, 0) is 30.5 Å². The summed E-state index contributed by atoms with van der Waals surface area (Å²) >= 11 is 0. The van der Waals surface area contributed by atoms with Crippen molar-refractivity contribution < 1.29 is 19.0 Å². The number of carbonyl (C=O) groups is 1. The lowest BCUT2D eigenvalue weighted by molar-refractivity contribution is -0.127. The predicted molar refractivity (Wildman–Crippen MR) is 116 cm³/mol. The van der Waals surface area contributed by atoms with Crippen LogP contribution in [0.2, 0.25) is 0 Å². The van der Waals surface area contributed by atoms with Crippen molar-refractivity contribution in [2.75, 3.05) is 34.0 Å². The number of benzene rings is 2. The topological polar surface area (TPSA) is 72.6 Å². The molecule has 4 rings (SSSR count). The van der Waals surface area contributed by atoms with E-state index in [1.54, 1.807) is 14.2 Å². The zero-order chi connectivity index (χ0) is 20.9. The number of aromatic amines is 1. The molecule has 6 nitrogen and oxygen atoms in total. The molecule has 1 aromatic heterocycles. The highest BCUT2D eigenvalue weighted by Crippen LogP contribution is 2.40. The van der Waals surface area contributed by atoms with Gasteiger partial charge in [0.1, 0.15) is 0 Å². The summed E-state index contributed by atoms with van der Waals surface area (Å²) in [5.41, 5.74) is 3.16. The fourth-order valence-electron chi connectivity index (χ4n) is 4.26. The van der Waals surface area contributed by atoms with Crippen LogP contribution in [0, 0.1) is 5.92 Å². The maximum absolute atomic E-state index is 12.8. The van der Waals surface area contributed by atoms with Crippen molar-refractivity contribution in [3.05, 3.63) is 59.8 Å². The van der Waals surface area contributed by atoms with Gasteiger partial charge < -0.3 is 24.5 Å². The molecule has 1 fully saturated rings. The first-order valence-corrected chi connectivity index (χ1v) is 10.3. The third-order valence-corrected chi connectivity index (χ3v) is 5.88. The molecular formula is C24H28N2O4. The Hall–Kier alpha value is -2.99. The highest BCUT2D eigenvalue weighted by Gasteiger charge is 2.26. The smallest absolute Gasteiger partial charge is 0.223 e. The molecule has 1 aliphatic rings. The third-order valence-electron chi connectivity index (χ3n) is 5.88. The van der Waals surface area contributed by atoms with E-state index < -0.39 is 0 Å². The second-order valence-corrected chi connectivity index (χ2v) is 7.56. The van der Waals surface area contributed by atoms with Gasteiger partial charge in [0.15, 0.2) is 11.5 Å². The highest BCUT2D eigenvalue weighted by molar-refractivity contribution is 5.85. The number of carbonyl (C=O) groups excluding carboxylic acids is 1. The van der Waals surface area contributed by atoms with Crippen LogP contribution in [0.1, 0.15) is 29.9 Å². The molecule has 6 heteroatoms. The Morgan fingerprint density at radius 2 is 1.90 bits per heavy atom. The summed E-state index contributed by atoms with van der Waals surface area (Å²) in [5.74, 6) is 1.38. The molecule has 1 amide bonds. The van der Waals surface area contributed by atoms with Crippen molar-refractivity contribution in [1.29, 1.82) is 0 Å². The molecular weight excluding hydrogens is 380 g/mol. The van der Waals surface area contributed by atoms with Gasteiger partial charge in [0.2, 0.25) is 5.91 Å². The van der Waals surface area contributed by atoms with E-state index in [4.69, 9.17) is 14.2 Å². The van der Waals surface area contributed by atoms with Gasteiger partial charge in [-0.3, -0.25) is 4.79 Å². The SMILES string of the molecule is COc1cccc(C(CNC(=O)C2CCOCC2)c2c[nH]c3ccccc23)c1OC. The van der Waals surface area contributed by atoms with Gasteiger partial charge in [-0.15, -0.1) is 0 Å². The summed E-state index contributed by atoms with van der Waals surface area (Å²) in [6.07, 6.45) is 3.56. The molecule has 0 radical (unpaired) electrons. The van der Waals surface area contributed by atoms with Crippen LogP contribution < -0.4 is 14.8 Å². The lowest BCUT2D eigenvalue weighted by Crippen LogP contribution is -2.36. The molecule has 0 bridgehead atoms. The Bertz CT molecular complexity index is 1010. The first-order valence-electron chi connectivity index (χ1n) is 10.3. The Balaban J connectivity index is 1.69. The quantitative estimate of drug-likeness (QED) is 0.623. The molecule has 1 unspecified atom stereocenters. The molecule has 158 valence electrons. The summed E-state index contributed by atoms with van der Waals surface area (Å²) < 4.78 is 16.6. The summed E-state index contributed by atoms with van der Waals surface area (Å²) in [6, 6.07) is 14.1. The van der Waals surface area contributed by atoms with Gasteiger partial charge in [0, 0.05) is 54.3 Å². The Labute approximate surface area is 176 Å². The molecule has 0 aliphatic carbocycles. The second-order valence-electron chi connectivity index (χ2n) is 7.56. The maximum Gasteiger partial charge on any atom is 0.223 e. The number of H-pyrrole nitrogens is 1. The highest BCUT2D eigenvalue weighted by atomic mass is 16.5. The number of aromatic nitrogens is 1. The lowest BCUT2D eigenvalue weighted by atomic mass is 9.89. The minimum atomic E-state index is -0.0880. The fourth-order valence-corrected chi connectivity index (χ4v) is 4.26. The van der Waals surface area contributed by atoms with E-state index in [0.717, 1.165) is 34.9 Å². The van der Waals surface area contributed by atoms with Gasteiger partial charge in [-0.25, -0.2) is 0 Å². The average molecular weight is 408 g/mol. The fraction of sp³-hybridized carbons (Fsp3) is 0.375. The van der Waals surface area contributed by atoms with Gasteiger partial charge in [-0.1, -0.05) is 30.3 Å². The van der Waals surface area contributed by atoms with Crippen molar-refractivity contribution in [3.8, 4) is 11.5 Å². The van der Waals surface area contributed by atoms with Crippen LogP contribution >= 0.6 is 0 Å². The van der Waals surface area contributed by atoms with Crippen LogP contribution in [0.3, 0.4) is 0 Å². The van der Waals surface area contributed by atoms with Gasteiger partial charge in [0.05, 0.1) is 14.2 Å². The van der Waals surface area contributed by atoms with Crippen LogP contribution in [0.25, 0.3) is 10.9 Å². The predicted octanol–water partition coefficient (Wildman–Crippen LogP) is 3.86. The first-order chi connectivity index (χ1) is 14.7. The van der Waals surface area contributed by atoms with Crippen molar-refractivity contribution in [1.82, 2.24) is 10.3 Å². The molecule has 2 aromatic carbocycles. The standard InChI is InChI=1S/C24H28N2O4/c1-28-22-9-5-7-18(23(22)29-2)20(15-26-24(27)16-10-12-30-13-11-16)19-14-25-21-8-4-3-6-17(19)21/h3-9,14,16,20,25H,10-13,15H2,1-2H3,(H,26,27). The molecule has 2 N–H and O–H groups in total. The summed E-state index contributed by atoms with van der Waals surface area (Å²) in [4.78, 5) is 16.2. The van der Waals surface area contributed by atoms with E-state index in [1.807, 2.05) is 36.5 Å². The zero-order valence-electron chi connectivity index (χ0n) is 17.4. The number of nitrogens with one attached hydrogen (secondary N) is 2. The number of rotatable bonds is 7. The van der Waals surface area contributed by atoms with Gasteiger partial charge in [-0.2, -0.15) is 0 Å². The van der Waals surface area contributed by atoms with Crippen LogP contribution in [0.5, 0.6) is 11.5 Å². The molecule has 1 aliphatic heterocycles. The largest absolute Gasteiger partial charge is 0.493 e. The van der Waals surface area contributed by atoms with E-state index in [1.165, 1.54) is 0 Å². The normalized spacial score (nSPS) is 15.7. The Morgan fingerprint density at radius 3 is 2.67 bits per heavy atom. The maximum atomic E-state index is 12.8. The Kier molecular flexibility index (Phi) is 6.23. The number of amides is 1. The van der Waals surface area contributed by atoms with Crippen molar-refractivity contribution in [2.24, 2.45) is 5.92 Å². The third kappa shape index (κ3) is 4.00. The van der Waals surface area contributed by atoms with E-state index in [2.05, 4.69) is 22.4 Å². The molecule has 1 saturated heterocycles. The van der Waals surface area contributed by atoms with E-state index in [0.29, 0.717) is 31.3 Å². The minimum Gasteiger partial charge on any atom is -0.493 e. The van der Waals surface area contributed by atoms with Gasteiger partial charge >= 0.3 is 0 Å². The molecule has 1 atom stereocenters. The van der Waals surface area contributed by atoms with Crippen molar-refractivity contribution in [3.63, 3.8) is 0 Å². The Morgan fingerprint density at radius 1 is 1.10 bits per heavy atom. The molecule has 30 heavy (non-hydrogen) atoms. The van der Waals surface area contributed by atoms with Crippen LogP contribution in [-0.4, -0.2) is 44.9 Å². The zero-order valence-corrected chi connectivity index (χ0v) is 17.4. The monoisotopic (exact) mass is 408 g/mol. The molecule has 2 heterocycles. The van der Waals surface area contributed by atoms with Gasteiger partial charge in [0.25, 0.3) is 0 Å². The van der Waals surface area contributed by atoms with E-state index in [-0.39, 0.29) is 17.7 Å². The molecule has 0 saturated carbocycles. The number of ether oxygens (including phenoxy) is 3. The number of hydrogen-bond acceptors (Lipinski definition) is 4. The van der Waals surface area contributed by atoms with Crippen LogP contribution in [0.15, 0.2) is 48.7 Å². The first kappa shape index (κ1) is 20.3. The summed E-state index contributed by atoms with van der Waals surface area (Å²) in [5, 5.41) is 4.32. The number of hydrogen-bond donors (Lipinski definition) is 2. The number of fused-ring (bicyclic) bond motifs is 1. The van der Waals surface area contributed by atoms with Crippen LogP contribution in [0.4, 0.5) is 0 Å². The number of methoxy groups -OCH3 is 2. The van der Waals surface area contributed by atoms with Crippen LogP contribution in [-0.2, 0) is 9.53 Å². The summed E-state index contributed by atoms with van der Waals surface area (Å²) in [6.45, 7) is 1.77. The van der Waals surface area contributed by atoms with E-state index in [9.17, 15) is 4.79 Å². The van der Waals surface area contributed by atoms with Crippen molar-refractivity contribution in [2.45, 2.75) is 18.8 Å². The lowest BCUT2D eigenvalue weighted by Gasteiger charge is -2.25. The molecule has 0 spiro atoms. The summed E-state index contributed by atoms with van der Waals surface area (Å²) in [7, 11) is 3.28. The average Bonchev–Trinajstić information content (AvgIpc) is 3.23. The molecule has 3 aromatic rings. The second kappa shape index (κ2) is 9.22. The minimum absolute atomic E-state index is 0.00886. The number of para-hydroxylation sites is 2. The van der Waals surface area contributed by atoms with Crippen molar-refractivity contribution >= 4 is 16.8 Å².